The zero-order valence-electron chi connectivity index (χ0n) is 13.8. The summed E-state index contributed by atoms with van der Waals surface area (Å²) in [6.45, 7) is 0. The zero-order chi connectivity index (χ0) is 15.9. The Hall–Kier alpha value is -2.29. The van der Waals surface area contributed by atoms with E-state index in [1.54, 1.807) is 0 Å². The van der Waals surface area contributed by atoms with Crippen LogP contribution in [-0.2, 0) is 0 Å². The summed E-state index contributed by atoms with van der Waals surface area (Å²) in [7, 11) is 0. The minimum atomic E-state index is 0.295. The number of hydrogen-bond donors (Lipinski definition) is 1. The van der Waals surface area contributed by atoms with Crippen molar-refractivity contribution in [3.05, 3.63) is 71.8 Å². The molecule has 0 saturated carbocycles. The van der Waals surface area contributed by atoms with E-state index in [4.69, 9.17) is 4.99 Å². The van der Waals surface area contributed by atoms with E-state index in [-0.39, 0.29) is 0 Å². The molecule has 0 amide bonds. The van der Waals surface area contributed by atoms with Crippen LogP contribution < -0.4 is 5.32 Å². The van der Waals surface area contributed by atoms with Crippen molar-refractivity contribution in [2.45, 2.75) is 49.9 Å². The quantitative estimate of drug-likeness (QED) is 0.904. The highest BCUT2D eigenvalue weighted by Gasteiger charge is 2.44. The highest BCUT2D eigenvalue weighted by Crippen LogP contribution is 2.42. The first-order chi connectivity index (χ1) is 11.9. The minimum Gasteiger partial charge on any atom is -0.349 e. The molecule has 0 bridgehead atoms. The first-order valence-electron chi connectivity index (χ1n) is 9.11. The van der Waals surface area contributed by atoms with Crippen LogP contribution in [0.3, 0.4) is 0 Å². The number of nitrogens with zero attached hydrogens (tertiary/aromatic N) is 2. The standard InChI is InChI=1S/C21H23N3/c1-3-7-15(8-4-1)19-13-17-11-12-18-14-20(16-9-5-2-6-10-16)23-21(22-19)24(17)18/h1-10,17-20H,11-14H2,(H,22,23)/t17-,18+,19-,20+. The van der Waals surface area contributed by atoms with Gasteiger partial charge >= 0.3 is 0 Å². The second-order valence-corrected chi connectivity index (χ2v) is 7.25. The van der Waals surface area contributed by atoms with Gasteiger partial charge in [0, 0.05) is 12.1 Å². The van der Waals surface area contributed by atoms with E-state index in [9.17, 15) is 0 Å². The summed E-state index contributed by atoms with van der Waals surface area (Å²) in [5.41, 5.74) is 2.72. The molecule has 2 aromatic carbocycles. The van der Waals surface area contributed by atoms with Crippen LogP contribution in [-0.4, -0.2) is 22.9 Å². The SMILES string of the molecule is c1ccc([C@@H]2C[C@@H]3CC[C@@H]4C[C@H](c5ccccc5)N=C(N2)N43)cc1. The van der Waals surface area contributed by atoms with Crippen LogP contribution in [0.5, 0.6) is 0 Å². The molecule has 3 aliphatic heterocycles. The summed E-state index contributed by atoms with van der Waals surface area (Å²) in [6.07, 6.45) is 4.95. The average molecular weight is 317 g/mol. The van der Waals surface area contributed by atoms with Gasteiger partial charge in [0.2, 0.25) is 0 Å². The van der Waals surface area contributed by atoms with Crippen LogP contribution in [0.4, 0.5) is 0 Å². The maximum atomic E-state index is 5.12. The van der Waals surface area contributed by atoms with Gasteiger partial charge < -0.3 is 10.2 Å². The second kappa shape index (κ2) is 5.66. The third-order valence-electron chi connectivity index (χ3n) is 5.84. The maximum Gasteiger partial charge on any atom is 0.195 e. The third-order valence-corrected chi connectivity index (χ3v) is 5.84. The van der Waals surface area contributed by atoms with Gasteiger partial charge in [0.15, 0.2) is 5.96 Å². The molecule has 3 heterocycles. The molecule has 5 rings (SSSR count). The highest BCUT2D eigenvalue weighted by molar-refractivity contribution is 5.83. The van der Waals surface area contributed by atoms with Gasteiger partial charge in [-0.3, -0.25) is 0 Å². The van der Waals surface area contributed by atoms with Crippen molar-refractivity contribution in [1.82, 2.24) is 10.2 Å². The Morgan fingerprint density at radius 3 is 2.12 bits per heavy atom. The van der Waals surface area contributed by atoms with Crippen molar-refractivity contribution >= 4 is 5.96 Å². The molecule has 0 spiro atoms. The first-order valence-corrected chi connectivity index (χ1v) is 9.11. The Labute approximate surface area is 143 Å². The van der Waals surface area contributed by atoms with Crippen molar-refractivity contribution < 1.29 is 0 Å². The van der Waals surface area contributed by atoms with Crippen molar-refractivity contribution in [3.8, 4) is 0 Å². The lowest BCUT2D eigenvalue weighted by Crippen LogP contribution is -2.56. The minimum absolute atomic E-state index is 0.295. The van der Waals surface area contributed by atoms with Crippen LogP contribution in [0.2, 0.25) is 0 Å². The molecule has 0 aromatic heterocycles. The average Bonchev–Trinajstić information content (AvgIpc) is 3.07. The van der Waals surface area contributed by atoms with Crippen LogP contribution in [0.1, 0.15) is 48.9 Å². The van der Waals surface area contributed by atoms with Crippen LogP contribution >= 0.6 is 0 Å². The number of aliphatic imine (C=N–C) groups is 1. The van der Waals surface area contributed by atoms with E-state index >= 15 is 0 Å². The Morgan fingerprint density at radius 1 is 0.792 bits per heavy atom. The Bertz CT molecular complexity index is 740. The molecule has 122 valence electrons. The summed E-state index contributed by atoms with van der Waals surface area (Å²) < 4.78 is 0. The Balaban J connectivity index is 1.49. The molecule has 2 fully saturated rings. The van der Waals surface area contributed by atoms with E-state index in [2.05, 4.69) is 70.9 Å². The predicted molar refractivity (Wildman–Crippen MR) is 96.8 cm³/mol. The lowest BCUT2D eigenvalue weighted by molar-refractivity contribution is 0.209. The van der Waals surface area contributed by atoms with Crippen molar-refractivity contribution in [2.75, 3.05) is 0 Å². The van der Waals surface area contributed by atoms with Gasteiger partial charge in [0.25, 0.3) is 0 Å². The predicted octanol–water partition coefficient (Wildman–Crippen LogP) is 4.06. The van der Waals surface area contributed by atoms with Crippen molar-refractivity contribution in [3.63, 3.8) is 0 Å². The molecule has 3 heteroatoms. The number of guanidine groups is 1. The topological polar surface area (TPSA) is 27.6 Å². The Kier molecular flexibility index (Phi) is 3.32. The second-order valence-electron chi connectivity index (χ2n) is 7.25. The van der Waals surface area contributed by atoms with E-state index in [0.29, 0.717) is 24.2 Å². The summed E-state index contributed by atoms with van der Waals surface area (Å²) in [5.74, 6) is 1.13. The molecule has 4 atom stereocenters. The van der Waals surface area contributed by atoms with Crippen LogP contribution in [0, 0.1) is 0 Å². The Morgan fingerprint density at radius 2 is 1.42 bits per heavy atom. The highest BCUT2D eigenvalue weighted by atomic mass is 15.4. The molecule has 1 N–H and O–H groups in total. The van der Waals surface area contributed by atoms with E-state index in [1.165, 1.54) is 30.4 Å². The van der Waals surface area contributed by atoms with Gasteiger partial charge in [-0.1, -0.05) is 60.7 Å². The molecule has 3 nitrogen and oxygen atoms in total. The largest absolute Gasteiger partial charge is 0.349 e. The number of nitrogens with one attached hydrogen (secondary N) is 1. The van der Waals surface area contributed by atoms with Crippen LogP contribution in [0.25, 0.3) is 0 Å². The number of rotatable bonds is 2. The normalized spacial score (nSPS) is 31.2. The maximum absolute atomic E-state index is 5.12. The van der Waals surface area contributed by atoms with Gasteiger partial charge in [-0.25, -0.2) is 4.99 Å². The number of benzene rings is 2. The van der Waals surface area contributed by atoms with Crippen LogP contribution in [0.15, 0.2) is 65.7 Å². The fourth-order valence-corrected chi connectivity index (χ4v) is 4.68. The fourth-order valence-electron chi connectivity index (χ4n) is 4.68. The van der Waals surface area contributed by atoms with E-state index in [1.807, 2.05) is 0 Å². The number of hydrogen-bond acceptors (Lipinski definition) is 3. The molecular formula is C21H23N3. The third kappa shape index (κ3) is 2.31. The van der Waals surface area contributed by atoms with E-state index < -0.39 is 0 Å². The van der Waals surface area contributed by atoms with E-state index in [0.717, 1.165) is 12.4 Å². The smallest absolute Gasteiger partial charge is 0.195 e. The lowest BCUT2D eigenvalue weighted by Gasteiger charge is -2.45. The first kappa shape index (κ1) is 14.1. The van der Waals surface area contributed by atoms with Crippen molar-refractivity contribution in [1.29, 1.82) is 0 Å². The summed E-state index contributed by atoms with van der Waals surface area (Å²) in [6, 6.07) is 23.6. The molecule has 0 unspecified atom stereocenters. The lowest BCUT2D eigenvalue weighted by atomic mass is 9.95. The zero-order valence-corrected chi connectivity index (χ0v) is 13.8. The van der Waals surface area contributed by atoms with Gasteiger partial charge in [-0.05, 0) is 36.8 Å². The monoisotopic (exact) mass is 317 g/mol. The van der Waals surface area contributed by atoms with Gasteiger partial charge in [-0.15, -0.1) is 0 Å². The summed E-state index contributed by atoms with van der Waals surface area (Å²) in [5, 5.41) is 3.75. The molecule has 0 radical (unpaired) electrons. The molecule has 24 heavy (non-hydrogen) atoms. The summed E-state index contributed by atoms with van der Waals surface area (Å²) in [4.78, 5) is 7.70. The van der Waals surface area contributed by atoms with Gasteiger partial charge in [0.05, 0.1) is 12.1 Å². The fraction of sp³-hybridized carbons (Fsp3) is 0.381. The molecule has 3 aliphatic rings. The molecular weight excluding hydrogens is 294 g/mol. The van der Waals surface area contributed by atoms with Gasteiger partial charge in [-0.2, -0.15) is 0 Å². The molecule has 0 aliphatic carbocycles. The summed E-state index contributed by atoms with van der Waals surface area (Å²) >= 11 is 0. The molecule has 2 aromatic rings. The van der Waals surface area contributed by atoms with Crippen molar-refractivity contribution in [2.24, 2.45) is 4.99 Å². The molecule has 2 saturated heterocycles. The van der Waals surface area contributed by atoms with Gasteiger partial charge in [0.1, 0.15) is 0 Å².